The predicted molar refractivity (Wildman–Crippen MR) is 288 cm³/mol. The number of anilines is 12. The van der Waals surface area contributed by atoms with Crippen LogP contribution in [0.2, 0.25) is 0 Å². The molecule has 9 rings (SSSR count). The highest BCUT2D eigenvalue weighted by Gasteiger charge is 2.26. The van der Waals surface area contributed by atoms with Crippen molar-refractivity contribution in [3.05, 3.63) is 250 Å². The monoisotopic (exact) mass is 872 g/mol. The fourth-order valence-electron chi connectivity index (χ4n) is 9.51. The van der Waals surface area contributed by atoms with Gasteiger partial charge in [-0.1, -0.05) is 91.0 Å². The summed E-state index contributed by atoms with van der Waals surface area (Å²) in [7, 11) is 0. The Kier molecular flexibility index (Phi) is 12.6. The van der Waals surface area contributed by atoms with E-state index in [1.165, 1.54) is 50.1 Å². The Morgan fingerprint density at radius 1 is 0.194 bits per heavy atom. The molecule has 0 N–H and O–H groups in total. The molecule has 332 valence electrons. The van der Waals surface area contributed by atoms with E-state index in [1.807, 2.05) is 0 Å². The number of hydrogen-bond donors (Lipinski definition) is 0. The molecule has 0 spiro atoms. The first kappa shape index (κ1) is 44.4. The number of rotatable bonds is 12. The van der Waals surface area contributed by atoms with Crippen molar-refractivity contribution in [2.24, 2.45) is 0 Å². The molecule has 0 radical (unpaired) electrons. The number of benzene rings is 9. The van der Waals surface area contributed by atoms with Crippen LogP contribution in [0, 0.1) is 62.3 Å². The maximum atomic E-state index is 2.52. The van der Waals surface area contributed by atoms with Crippen molar-refractivity contribution in [3.8, 4) is 0 Å². The molecule has 0 saturated heterocycles. The van der Waals surface area contributed by atoms with Gasteiger partial charge < -0.3 is 19.6 Å². The molecular weight excluding hydrogens is 813 g/mol. The quantitative estimate of drug-likeness (QED) is 0.121. The van der Waals surface area contributed by atoms with Crippen LogP contribution in [0.1, 0.15) is 50.1 Å². The third-order valence-corrected chi connectivity index (χ3v) is 12.8. The average molecular weight is 873 g/mol. The van der Waals surface area contributed by atoms with Gasteiger partial charge in [0.15, 0.2) is 0 Å². The van der Waals surface area contributed by atoms with Gasteiger partial charge >= 0.3 is 0 Å². The summed E-state index contributed by atoms with van der Waals surface area (Å²) in [6, 6.07) is 72.9. The molecule has 0 aliphatic rings. The second-order valence-corrected chi connectivity index (χ2v) is 18.1. The lowest BCUT2D eigenvalue weighted by Gasteiger charge is -2.35. The molecule has 0 saturated carbocycles. The van der Waals surface area contributed by atoms with Gasteiger partial charge in [0.05, 0.1) is 0 Å². The first-order valence-electron chi connectivity index (χ1n) is 23.3. The Morgan fingerprint density at radius 3 is 0.627 bits per heavy atom. The molecule has 0 aromatic heterocycles. The highest BCUT2D eigenvalue weighted by molar-refractivity contribution is 5.90. The van der Waals surface area contributed by atoms with E-state index < -0.39 is 0 Å². The van der Waals surface area contributed by atoms with E-state index in [9.17, 15) is 0 Å². The maximum Gasteiger partial charge on any atom is 0.0495 e. The van der Waals surface area contributed by atoms with Gasteiger partial charge in [0.25, 0.3) is 0 Å². The van der Waals surface area contributed by atoms with Crippen LogP contribution in [-0.4, -0.2) is 0 Å². The number of nitrogens with zero attached hydrogens (tertiary/aromatic N) is 4. The van der Waals surface area contributed by atoms with Crippen molar-refractivity contribution in [2.45, 2.75) is 62.3 Å². The van der Waals surface area contributed by atoms with Crippen molar-refractivity contribution < 1.29 is 0 Å². The zero-order valence-corrected chi connectivity index (χ0v) is 40.3. The third-order valence-electron chi connectivity index (χ3n) is 12.8. The van der Waals surface area contributed by atoms with Gasteiger partial charge in [0, 0.05) is 68.2 Å². The Labute approximate surface area is 398 Å². The Balaban J connectivity index is 1.26. The Bertz CT molecular complexity index is 2850. The zero-order chi connectivity index (χ0) is 46.8. The lowest BCUT2D eigenvalue weighted by molar-refractivity contribution is 1.15. The van der Waals surface area contributed by atoms with Crippen molar-refractivity contribution in [1.82, 2.24) is 0 Å². The zero-order valence-electron chi connectivity index (χ0n) is 40.3. The smallest absolute Gasteiger partial charge is 0.0495 e. The van der Waals surface area contributed by atoms with Crippen molar-refractivity contribution >= 4 is 68.2 Å². The third kappa shape index (κ3) is 9.08. The van der Waals surface area contributed by atoms with Gasteiger partial charge in [0.2, 0.25) is 0 Å². The number of aryl methyl sites for hydroxylation is 9. The van der Waals surface area contributed by atoms with E-state index >= 15 is 0 Å². The summed E-state index contributed by atoms with van der Waals surface area (Å²) in [4.78, 5) is 9.70. The second kappa shape index (κ2) is 19.0. The summed E-state index contributed by atoms with van der Waals surface area (Å²) in [6.45, 7) is 20.0. The lowest BCUT2D eigenvalue weighted by Crippen LogP contribution is -2.18. The number of hydrogen-bond acceptors (Lipinski definition) is 4. The van der Waals surface area contributed by atoms with Crippen molar-refractivity contribution in [1.29, 1.82) is 0 Å². The van der Waals surface area contributed by atoms with Gasteiger partial charge in [-0.25, -0.2) is 0 Å². The van der Waals surface area contributed by atoms with Crippen molar-refractivity contribution in [3.63, 3.8) is 0 Å². The van der Waals surface area contributed by atoms with E-state index in [1.54, 1.807) is 0 Å². The molecule has 4 heteroatoms. The Hall–Kier alpha value is -7.82. The molecular formula is C63H60N4. The summed E-state index contributed by atoms with van der Waals surface area (Å²) >= 11 is 0. The SMILES string of the molecule is Cc1cccc(N(c2ccccc2)c2cc(C)c(N(c3cc(C)c(N(c4ccccc4)c4cccc(C)c4)cc3C)c3cc(C)c(N(c4ccccc4)c4cccc(C)c4)cc3C)cc2C)c1. The minimum atomic E-state index is 1.12. The summed E-state index contributed by atoms with van der Waals surface area (Å²) in [5.41, 5.74) is 24.4. The van der Waals surface area contributed by atoms with Crippen LogP contribution in [0.15, 0.2) is 200 Å². The van der Waals surface area contributed by atoms with Crippen LogP contribution in [0.5, 0.6) is 0 Å². The molecule has 0 unspecified atom stereocenters. The molecule has 0 heterocycles. The van der Waals surface area contributed by atoms with Gasteiger partial charge in [0.1, 0.15) is 0 Å². The first-order valence-corrected chi connectivity index (χ1v) is 23.3. The van der Waals surface area contributed by atoms with Crippen LogP contribution in [0.3, 0.4) is 0 Å². The van der Waals surface area contributed by atoms with Gasteiger partial charge in [-0.3, -0.25) is 0 Å². The van der Waals surface area contributed by atoms with E-state index in [0.29, 0.717) is 0 Å². The fourth-order valence-corrected chi connectivity index (χ4v) is 9.51. The largest absolute Gasteiger partial charge is 0.310 e. The fraction of sp³-hybridized carbons (Fsp3) is 0.143. The molecule has 0 fully saturated rings. The molecule has 0 aliphatic carbocycles. The summed E-state index contributed by atoms with van der Waals surface area (Å²) in [6.07, 6.45) is 0. The number of para-hydroxylation sites is 3. The summed E-state index contributed by atoms with van der Waals surface area (Å²) < 4.78 is 0. The van der Waals surface area contributed by atoms with E-state index in [2.05, 4.69) is 282 Å². The first-order chi connectivity index (χ1) is 32.4. The van der Waals surface area contributed by atoms with Crippen molar-refractivity contribution in [2.75, 3.05) is 19.6 Å². The molecule has 67 heavy (non-hydrogen) atoms. The normalized spacial score (nSPS) is 11.1. The topological polar surface area (TPSA) is 13.0 Å². The van der Waals surface area contributed by atoms with E-state index in [4.69, 9.17) is 0 Å². The predicted octanol–water partition coefficient (Wildman–Crippen LogP) is 18.3. The molecule has 0 aliphatic heterocycles. The average Bonchev–Trinajstić information content (AvgIpc) is 3.32. The van der Waals surface area contributed by atoms with Gasteiger partial charge in [-0.2, -0.15) is 0 Å². The highest BCUT2D eigenvalue weighted by Crippen LogP contribution is 2.49. The summed E-state index contributed by atoms with van der Waals surface area (Å²) in [5.74, 6) is 0. The van der Waals surface area contributed by atoms with Crippen LogP contribution in [0.25, 0.3) is 0 Å². The lowest BCUT2D eigenvalue weighted by atomic mass is 9.98. The molecule has 0 bridgehead atoms. The minimum absolute atomic E-state index is 1.12. The van der Waals surface area contributed by atoms with Gasteiger partial charge in [-0.05, 0) is 222 Å². The van der Waals surface area contributed by atoms with E-state index in [-0.39, 0.29) is 0 Å². The molecule has 0 amide bonds. The minimum Gasteiger partial charge on any atom is -0.310 e. The van der Waals surface area contributed by atoms with Crippen LogP contribution >= 0.6 is 0 Å². The summed E-state index contributed by atoms with van der Waals surface area (Å²) in [5, 5.41) is 0. The molecule has 9 aromatic carbocycles. The highest BCUT2D eigenvalue weighted by atomic mass is 15.2. The molecule has 4 nitrogen and oxygen atoms in total. The van der Waals surface area contributed by atoms with Crippen LogP contribution in [0.4, 0.5) is 68.2 Å². The van der Waals surface area contributed by atoms with Crippen LogP contribution in [-0.2, 0) is 0 Å². The Morgan fingerprint density at radius 2 is 0.403 bits per heavy atom. The second-order valence-electron chi connectivity index (χ2n) is 18.1. The van der Waals surface area contributed by atoms with Gasteiger partial charge in [-0.15, -0.1) is 0 Å². The molecule has 9 aromatic rings. The maximum absolute atomic E-state index is 2.52. The van der Waals surface area contributed by atoms with Crippen LogP contribution < -0.4 is 19.6 Å². The van der Waals surface area contributed by atoms with E-state index in [0.717, 1.165) is 68.2 Å². The molecule has 0 atom stereocenters. The standard InChI is InChI=1S/C63H60N4/c1-43-22-19-31-55(34-43)64(52-25-13-10-14-26-52)58-37-49(7)61(40-46(58)4)67(62-41-47(5)59(38-50(62)8)65(53-27-15-11-16-28-53)56-32-20-23-44(2)35-56)63-42-48(6)60(39-51(63)9)66(54-29-17-12-18-30-54)57-33-21-24-45(3)36-57/h10-42H,1-9H3.